The minimum Gasteiger partial charge on any atom is -0.421 e. The smallest absolute Gasteiger partial charge is 0.249 e. The first kappa shape index (κ1) is 18.5. The maximum atomic E-state index is 13.9. The fourth-order valence-corrected chi connectivity index (χ4v) is 2.62. The largest absolute Gasteiger partial charge is 0.421 e. The molecule has 5 heteroatoms. The van der Waals surface area contributed by atoms with E-state index in [1.165, 1.54) is 6.07 Å². The van der Waals surface area contributed by atoms with Gasteiger partial charge in [0.25, 0.3) is 0 Å². The van der Waals surface area contributed by atoms with E-state index in [-0.39, 0.29) is 5.82 Å². The van der Waals surface area contributed by atoms with Crippen LogP contribution in [0.2, 0.25) is 0 Å². The predicted octanol–water partition coefficient (Wildman–Crippen LogP) is 5.28. The Kier molecular flexibility index (Phi) is 6.05. The molecule has 0 aliphatic heterocycles. The van der Waals surface area contributed by atoms with Crippen LogP contribution in [0.4, 0.5) is 4.39 Å². The number of hydrogen-bond donors (Lipinski definition) is 0. The van der Waals surface area contributed by atoms with Crippen molar-refractivity contribution in [1.82, 2.24) is 10.2 Å². The SMILES string of the molecule is C=C/C(=C\N=C/C)c1nnc(CCc2ccc(-c3ccccc3F)cc2)o1. The monoisotopic (exact) mass is 361 g/mol. The van der Waals surface area contributed by atoms with Gasteiger partial charge in [-0.25, -0.2) is 4.39 Å². The van der Waals surface area contributed by atoms with Gasteiger partial charge in [0.05, 0.1) is 5.57 Å². The van der Waals surface area contributed by atoms with Gasteiger partial charge >= 0.3 is 0 Å². The Labute approximate surface area is 157 Å². The molecule has 0 amide bonds. The Hall–Kier alpha value is -3.34. The van der Waals surface area contributed by atoms with Crippen molar-refractivity contribution >= 4 is 11.8 Å². The van der Waals surface area contributed by atoms with Gasteiger partial charge in [-0.1, -0.05) is 55.1 Å². The summed E-state index contributed by atoms with van der Waals surface area (Å²) in [4.78, 5) is 4.05. The highest BCUT2D eigenvalue weighted by Gasteiger charge is 2.09. The topological polar surface area (TPSA) is 51.3 Å². The highest BCUT2D eigenvalue weighted by molar-refractivity contribution is 5.69. The Morgan fingerprint density at radius 3 is 2.59 bits per heavy atom. The second-order valence-electron chi connectivity index (χ2n) is 5.87. The lowest BCUT2D eigenvalue weighted by molar-refractivity contribution is 0.482. The van der Waals surface area contributed by atoms with Crippen LogP contribution in [0.15, 0.2) is 76.8 Å². The summed E-state index contributed by atoms with van der Waals surface area (Å²) < 4.78 is 19.6. The van der Waals surface area contributed by atoms with Gasteiger partial charge in [0.15, 0.2) is 0 Å². The fourth-order valence-electron chi connectivity index (χ4n) is 2.62. The molecule has 4 nitrogen and oxygen atoms in total. The highest BCUT2D eigenvalue weighted by atomic mass is 19.1. The van der Waals surface area contributed by atoms with Crippen molar-refractivity contribution < 1.29 is 8.81 Å². The lowest BCUT2D eigenvalue weighted by atomic mass is 10.0. The van der Waals surface area contributed by atoms with E-state index in [0.29, 0.717) is 29.3 Å². The Morgan fingerprint density at radius 1 is 1.11 bits per heavy atom. The van der Waals surface area contributed by atoms with Gasteiger partial charge in [0, 0.05) is 24.4 Å². The van der Waals surface area contributed by atoms with Crippen LogP contribution in [0.25, 0.3) is 16.7 Å². The van der Waals surface area contributed by atoms with Crippen LogP contribution < -0.4 is 0 Å². The van der Waals surface area contributed by atoms with E-state index in [1.54, 1.807) is 30.6 Å². The zero-order valence-electron chi connectivity index (χ0n) is 15.1. The fraction of sp³-hybridized carbons (Fsp3) is 0.136. The summed E-state index contributed by atoms with van der Waals surface area (Å²) in [5.74, 6) is 0.735. The van der Waals surface area contributed by atoms with E-state index in [0.717, 1.165) is 17.5 Å². The zero-order valence-corrected chi connectivity index (χ0v) is 15.1. The second kappa shape index (κ2) is 8.85. The third kappa shape index (κ3) is 4.64. The van der Waals surface area contributed by atoms with Crippen molar-refractivity contribution in [2.75, 3.05) is 0 Å². The summed E-state index contributed by atoms with van der Waals surface area (Å²) in [5.41, 5.74) is 3.25. The minimum absolute atomic E-state index is 0.220. The van der Waals surface area contributed by atoms with Gasteiger partial charge in [0.1, 0.15) is 5.82 Å². The first-order chi connectivity index (χ1) is 13.2. The van der Waals surface area contributed by atoms with Crippen molar-refractivity contribution in [1.29, 1.82) is 0 Å². The highest BCUT2D eigenvalue weighted by Crippen LogP contribution is 2.23. The van der Waals surface area contributed by atoms with Gasteiger partial charge < -0.3 is 4.42 Å². The average Bonchev–Trinajstić information content (AvgIpc) is 3.17. The quantitative estimate of drug-likeness (QED) is 0.425. The lowest BCUT2D eigenvalue weighted by Crippen LogP contribution is -1.92. The number of halogens is 1. The van der Waals surface area contributed by atoms with Crippen LogP contribution in [0.1, 0.15) is 24.3 Å². The predicted molar refractivity (Wildman–Crippen MR) is 106 cm³/mol. The molecule has 0 N–H and O–H groups in total. The molecule has 1 heterocycles. The summed E-state index contributed by atoms with van der Waals surface area (Å²) in [6.07, 6.45) is 6.30. The molecule has 0 aliphatic rings. The molecule has 0 aliphatic carbocycles. The number of nitrogens with zero attached hydrogens (tertiary/aromatic N) is 3. The van der Waals surface area contributed by atoms with Crippen molar-refractivity contribution in [3.8, 4) is 11.1 Å². The van der Waals surface area contributed by atoms with E-state index in [2.05, 4.69) is 21.8 Å². The number of benzene rings is 2. The number of rotatable bonds is 7. The molecule has 136 valence electrons. The number of aliphatic imine (C=N–C) groups is 1. The van der Waals surface area contributed by atoms with Gasteiger partial charge in [0.2, 0.25) is 11.8 Å². The Balaban J connectivity index is 1.66. The molecule has 0 radical (unpaired) electrons. The van der Waals surface area contributed by atoms with Crippen molar-refractivity contribution in [2.24, 2.45) is 4.99 Å². The molecule has 0 spiro atoms. The van der Waals surface area contributed by atoms with Crippen molar-refractivity contribution in [3.63, 3.8) is 0 Å². The van der Waals surface area contributed by atoms with E-state index in [9.17, 15) is 4.39 Å². The van der Waals surface area contributed by atoms with Crippen LogP contribution in [-0.4, -0.2) is 16.4 Å². The normalized spacial score (nSPS) is 11.9. The summed E-state index contributed by atoms with van der Waals surface area (Å²) in [6, 6.07) is 14.6. The van der Waals surface area contributed by atoms with Crippen LogP contribution >= 0.6 is 0 Å². The number of hydrogen-bond acceptors (Lipinski definition) is 4. The molecule has 0 bridgehead atoms. The van der Waals surface area contributed by atoms with Crippen LogP contribution in [0.5, 0.6) is 0 Å². The summed E-state index contributed by atoms with van der Waals surface area (Å²) in [6.45, 7) is 5.56. The van der Waals surface area contributed by atoms with E-state index in [4.69, 9.17) is 4.42 Å². The maximum Gasteiger partial charge on any atom is 0.249 e. The molecule has 0 fully saturated rings. The summed E-state index contributed by atoms with van der Waals surface area (Å²) >= 11 is 0. The average molecular weight is 361 g/mol. The van der Waals surface area contributed by atoms with E-state index in [1.807, 2.05) is 37.3 Å². The number of aromatic nitrogens is 2. The van der Waals surface area contributed by atoms with Crippen LogP contribution in [-0.2, 0) is 12.8 Å². The van der Waals surface area contributed by atoms with Gasteiger partial charge in [-0.05, 0) is 30.5 Å². The number of allylic oxidation sites excluding steroid dienone is 2. The summed E-state index contributed by atoms with van der Waals surface area (Å²) in [5, 5.41) is 8.12. The molecule has 27 heavy (non-hydrogen) atoms. The number of aryl methyl sites for hydroxylation is 2. The molecule has 2 aromatic carbocycles. The zero-order chi connectivity index (χ0) is 19.1. The second-order valence-corrected chi connectivity index (χ2v) is 5.87. The molecular formula is C22H20FN3O. The van der Waals surface area contributed by atoms with E-state index < -0.39 is 0 Å². The first-order valence-electron chi connectivity index (χ1n) is 8.68. The Bertz CT molecular complexity index is 971. The lowest BCUT2D eigenvalue weighted by Gasteiger charge is -2.05. The van der Waals surface area contributed by atoms with Crippen molar-refractivity contribution in [3.05, 3.63) is 90.5 Å². The van der Waals surface area contributed by atoms with E-state index >= 15 is 0 Å². The third-order valence-corrected chi connectivity index (χ3v) is 4.06. The minimum atomic E-state index is -0.220. The molecule has 0 saturated carbocycles. The van der Waals surface area contributed by atoms with Gasteiger partial charge in [-0.3, -0.25) is 4.99 Å². The van der Waals surface area contributed by atoms with Crippen LogP contribution in [0.3, 0.4) is 0 Å². The molecule has 3 rings (SSSR count). The molecule has 0 unspecified atom stereocenters. The Morgan fingerprint density at radius 2 is 1.89 bits per heavy atom. The molecular weight excluding hydrogens is 341 g/mol. The van der Waals surface area contributed by atoms with Crippen LogP contribution in [0, 0.1) is 5.82 Å². The third-order valence-electron chi connectivity index (χ3n) is 4.06. The molecule has 3 aromatic rings. The van der Waals surface area contributed by atoms with Gasteiger partial charge in [-0.15, -0.1) is 10.2 Å². The molecule has 0 saturated heterocycles. The first-order valence-corrected chi connectivity index (χ1v) is 8.68. The maximum absolute atomic E-state index is 13.9. The standard InChI is InChI=1S/C22H20FN3O/c1-3-17(15-24-4-2)22-26-25-21(27-22)14-11-16-9-12-18(13-10-16)19-7-5-6-8-20(19)23/h3-10,12-13,15H,1,11,14H2,2H3/b17-15+,24-4-. The van der Waals surface area contributed by atoms with Crippen molar-refractivity contribution in [2.45, 2.75) is 19.8 Å². The van der Waals surface area contributed by atoms with Gasteiger partial charge in [-0.2, -0.15) is 0 Å². The molecule has 1 aromatic heterocycles. The summed E-state index contributed by atoms with van der Waals surface area (Å²) in [7, 11) is 0. The molecule has 0 atom stereocenters.